The normalized spacial score (nSPS) is 29.1. The van der Waals surface area contributed by atoms with Gasteiger partial charge in [0.2, 0.25) is 33.7 Å². The summed E-state index contributed by atoms with van der Waals surface area (Å²) in [6, 6.07) is -4.24. The van der Waals surface area contributed by atoms with Crippen molar-refractivity contribution in [2.75, 3.05) is 19.6 Å². The molecule has 0 aromatic carbocycles. The summed E-state index contributed by atoms with van der Waals surface area (Å²) in [6.07, 6.45) is 10.4. The fourth-order valence-corrected chi connectivity index (χ4v) is 12.3. The quantitative estimate of drug-likeness (QED) is 0.216. The van der Waals surface area contributed by atoms with Gasteiger partial charge in [0.15, 0.2) is 0 Å². The molecule has 0 bridgehead atoms. The molecule has 0 unspecified atom stereocenters. The molecule has 5 amide bonds. The Kier molecular flexibility index (Phi) is 11.6. The van der Waals surface area contributed by atoms with Crippen molar-refractivity contribution < 1.29 is 32.4 Å². The van der Waals surface area contributed by atoms with Crippen molar-refractivity contribution in [3.63, 3.8) is 0 Å². The Bertz CT molecular complexity index is 1670. The Morgan fingerprint density at radius 1 is 0.732 bits per heavy atom. The van der Waals surface area contributed by atoms with Gasteiger partial charge in [0.05, 0.1) is 11.3 Å². The number of nitrogens with one attached hydrogen (secondary N) is 4. The molecular weight excluding hydrogens is 733 g/mol. The van der Waals surface area contributed by atoms with Crippen molar-refractivity contribution >= 4 is 39.6 Å². The van der Waals surface area contributed by atoms with Crippen LogP contribution in [0.3, 0.4) is 0 Å². The number of fused-ring (bicyclic) bond motifs is 1. The topological polar surface area (TPSA) is 174 Å². The summed E-state index contributed by atoms with van der Waals surface area (Å²) in [5.74, 6) is -2.02. The fourth-order valence-electron chi connectivity index (χ4n) is 10.9. The monoisotopic (exact) mass is 803 g/mol. The number of amides is 5. The summed E-state index contributed by atoms with van der Waals surface area (Å²) in [6.45, 7) is 19.8. The zero-order chi connectivity index (χ0) is 41.2. The largest absolute Gasteiger partial charge is 0.342 e. The summed E-state index contributed by atoms with van der Waals surface area (Å²) in [5.41, 5.74) is -1.87. The maximum atomic E-state index is 15.1. The first-order chi connectivity index (χ1) is 26.0. The van der Waals surface area contributed by atoms with Gasteiger partial charge in [-0.3, -0.25) is 33.6 Å². The molecule has 316 valence electrons. The van der Waals surface area contributed by atoms with Crippen LogP contribution in [0.4, 0.5) is 0 Å². The maximum Gasteiger partial charge on any atom is 0.256 e. The molecule has 13 nitrogen and oxygen atoms in total. The summed E-state index contributed by atoms with van der Waals surface area (Å²) >= 11 is 0. The van der Waals surface area contributed by atoms with E-state index in [-0.39, 0.29) is 40.0 Å². The lowest BCUT2D eigenvalue weighted by atomic mass is 9.73. The zero-order valence-corrected chi connectivity index (χ0v) is 36.3. The smallest absolute Gasteiger partial charge is 0.256 e. The molecule has 4 aliphatic carbocycles. The number of carbonyl (C=O) groups is 5. The van der Waals surface area contributed by atoms with Crippen molar-refractivity contribution in [2.45, 2.75) is 181 Å². The van der Waals surface area contributed by atoms with Crippen molar-refractivity contribution in [2.24, 2.45) is 33.0 Å². The highest BCUT2D eigenvalue weighted by atomic mass is 32.2. The Hall–Kier alpha value is -2.74. The molecule has 0 radical (unpaired) electrons. The lowest BCUT2D eigenvalue weighted by molar-refractivity contribution is -0.145. The number of hydrogen-bond acceptors (Lipinski definition) is 8. The first kappa shape index (κ1) is 42.9. The second kappa shape index (κ2) is 15.1. The van der Waals surface area contributed by atoms with Gasteiger partial charge in [-0.05, 0) is 92.0 Å². The van der Waals surface area contributed by atoms with Crippen LogP contribution in [0.5, 0.6) is 0 Å². The van der Waals surface area contributed by atoms with Gasteiger partial charge in [-0.15, -0.1) is 0 Å². The number of likely N-dealkylation sites (N-methyl/N-ethyl adjacent to an activating group) is 1. The van der Waals surface area contributed by atoms with E-state index in [2.05, 4.69) is 39.4 Å². The molecule has 6 fully saturated rings. The summed E-state index contributed by atoms with van der Waals surface area (Å²) in [4.78, 5) is 75.2. The van der Waals surface area contributed by atoms with Crippen molar-refractivity contribution in [1.29, 1.82) is 0 Å². The molecule has 4 saturated carbocycles. The Balaban J connectivity index is 1.26. The van der Waals surface area contributed by atoms with Crippen LogP contribution < -0.4 is 20.7 Å². The Morgan fingerprint density at radius 2 is 1.36 bits per heavy atom. The molecule has 2 heterocycles. The molecule has 14 heteroatoms. The van der Waals surface area contributed by atoms with Crippen molar-refractivity contribution in [1.82, 2.24) is 30.5 Å². The number of rotatable bonds is 13. The lowest BCUT2D eigenvalue weighted by Gasteiger charge is -2.39. The number of carbonyl (C=O) groups excluding carboxylic acids is 5. The van der Waals surface area contributed by atoms with Crippen LogP contribution in [0.2, 0.25) is 0 Å². The van der Waals surface area contributed by atoms with Crippen LogP contribution in [0.25, 0.3) is 0 Å². The van der Waals surface area contributed by atoms with E-state index in [9.17, 15) is 27.6 Å². The summed E-state index contributed by atoms with van der Waals surface area (Å²) in [5, 5.41) is 8.50. The van der Waals surface area contributed by atoms with E-state index in [1.165, 1.54) is 0 Å². The van der Waals surface area contributed by atoms with Crippen LogP contribution in [0.15, 0.2) is 0 Å². The number of nitrogens with zero attached hydrogens (tertiary/aromatic N) is 2. The third kappa shape index (κ3) is 7.75. The predicted octanol–water partition coefficient (Wildman–Crippen LogP) is 4.00. The third-order valence-electron chi connectivity index (χ3n) is 15.2. The van der Waals surface area contributed by atoms with Crippen LogP contribution >= 0.6 is 0 Å². The van der Waals surface area contributed by atoms with E-state index in [1.54, 1.807) is 4.90 Å². The second-order valence-corrected chi connectivity index (χ2v) is 22.8. The minimum atomic E-state index is -3.83. The standard InChI is InChI=1S/C42H70N6O7S/c1-10-47-22-12-11-17-29(47)34(50)44-31(38(2,3)4)36(52)45-32(39(5,6)7)37(53)48-25-42(40(8,9)41(42)20-14-21-41)24-30(48)35(51)43-28(23-26-15-13-16-26)33(49)46-56(54,55)27-18-19-27/h26-32H,10-25H2,1-9H3,(H,43,51)(H,44,50)(H,45,52)(H,46,49)/t28-,29-,30-,31+,32+,42+/m0/s1. The molecule has 2 saturated heterocycles. The van der Waals surface area contributed by atoms with Gasteiger partial charge in [-0.2, -0.15) is 0 Å². The Labute approximate surface area is 335 Å². The first-order valence-electron chi connectivity index (χ1n) is 21.5. The Morgan fingerprint density at radius 3 is 1.86 bits per heavy atom. The van der Waals surface area contributed by atoms with Crippen molar-refractivity contribution in [3.8, 4) is 0 Å². The predicted molar refractivity (Wildman–Crippen MR) is 214 cm³/mol. The second-order valence-electron chi connectivity index (χ2n) is 20.9. The first-order valence-corrected chi connectivity index (χ1v) is 23.1. The minimum absolute atomic E-state index is 0.00217. The van der Waals surface area contributed by atoms with Crippen LogP contribution in [-0.4, -0.2) is 103 Å². The zero-order valence-electron chi connectivity index (χ0n) is 35.5. The molecule has 4 N–H and O–H groups in total. The van der Waals surface area contributed by atoms with E-state index in [0.717, 1.165) is 70.9 Å². The van der Waals surface area contributed by atoms with Crippen LogP contribution in [0, 0.1) is 33.0 Å². The maximum absolute atomic E-state index is 15.1. The van der Waals surface area contributed by atoms with E-state index in [4.69, 9.17) is 0 Å². The molecular formula is C42H70N6O7S. The average molecular weight is 803 g/mol. The van der Waals surface area contributed by atoms with Gasteiger partial charge in [0.25, 0.3) is 5.91 Å². The van der Waals surface area contributed by atoms with Crippen LogP contribution in [-0.2, 0) is 34.0 Å². The van der Waals surface area contributed by atoms with Gasteiger partial charge in [-0.1, -0.05) is 94.4 Å². The highest BCUT2D eigenvalue weighted by Crippen LogP contribution is 2.88. The van der Waals surface area contributed by atoms with Gasteiger partial charge >= 0.3 is 0 Å². The van der Waals surface area contributed by atoms with Crippen molar-refractivity contribution in [3.05, 3.63) is 0 Å². The minimum Gasteiger partial charge on any atom is -0.342 e. The molecule has 56 heavy (non-hydrogen) atoms. The summed E-state index contributed by atoms with van der Waals surface area (Å²) < 4.78 is 27.9. The molecule has 6 atom stereocenters. The molecule has 2 spiro atoms. The third-order valence-corrected chi connectivity index (χ3v) is 17.0. The highest BCUT2D eigenvalue weighted by Gasteiger charge is 2.85. The number of sulfonamides is 1. The van der Waals surface area contributed by atoms with Gasteiger partial charge in [-0.25, -0.2) is 8.42 Å². The molecule has 6 rings (SSSR count). The average Bonchev–Trinajstić information content (AvgIpc) is 3.94. The summed E-state index contributed by atoms with van der Waals surface area (Å²) in [7, 11) is -3.83. The fraction of sp³-hybridized carbons (Fsp3) is 0.881. The molecule has 2 aliphatic heterocycles. The van der Waals surface area contributed by atoms with E-state index in [1.807, 2.05) is 48.5 Å². The van der Waals surface area contributed by atoms with E-state index in [0.29, 0.717) is 32.2 Å². The number of piperidine rings is 1. The molecule has 0 aromatic heterocycles. The SMILES string of the molecule is CCN1CCCC[C@H]1C(=O)N[C@H](C(=O)N[C@H](C(=O)N1C[C@]2(C[C@H]1C(=O)N[C@@H](CC1CCC1)C(=O)NS(=O)(=O)C1CC1)C(C)(C)C21CCC1)C(C)(C)C)C(C)(C)C. The van der Waals surface area contributed by atoms with E-state index < -0.39 is 68.0 Å². The highest BCUT2D eigenvalue weighted by molar-refractivity contribution is 7.90. The molecule has 0 aromatic rings. The lowest BCUT2D eigenvalue weighted by Crippen LogP contribution is -2.63. The number of hydrogen-bond donors (Lipinski definition) is 4. The van der Waals surface area contributed by atoms with Gasteiger partial charge in [0.1, 0.15) is 24.2 Å². The van der Waals surface area contributed by atoms with E-state index >= 15 is 4.79 Å². The van der Waals surface area contributed by atoms with Gasteiger partial charge in [0, 0.05) is 12.0 Å². The van der Waals surface area contributed by atoms with Gasteiger partial charge < -0.3 is 20.9 Å². The molecule has 6 aliphatic rings. The number of likely N-dealkylation sites (tertiary alicyclic amines) is 2. The van der Waals surface area contributed by atoms with Crippen LogP contribution in [0.1, 0.15) is 146 Å².